The Bertz CT molecular complexity index is 470. The van der Waals surface area contributed by atoms with Crippen LogP contribution in [0.2, 0.25) is 0 Å². The molecule has 7 heteroatoms. The van der Waals surface area contributed by atoms with E-state index in [1.54, 1.807) is 20.3 Å². The quantitative estimate of drug-likeness (QED) is 0.693. The van der Waals surface area contributed by atoms with Crippen LogP contribution in [0.5, 0.6) is 0 Å². The zero-order valence-corrected chi connectivity index (χ0v) is 7.77. The van der Waals surface area contributed by atoms with Gasteiger partial charge in [-0.3, -0.25) is 4.68 Å². The van der Waals surface area contributed by atoms with Gasteiger partial charge < -0.3 is 5.73 Å². The lowest BCUT2D eigenvalue weighted by Gasteiger charge is -1.88. The predicted molar refractivity (Wildman–Crippen MR) is 47.6 cm³/mol. The summed E-state index contributed by atoms with van der Waals surface area (Å²) in [6.45, 7) is 0. The van der Waals surface area contributed by atoms with Crippen LogP contribution in [0.15, 0.2) is 6.20 Å². The van der Waals surface area contributed by atoms with Crippen LogP contribution in [0.1, 0.15) is 0 Å². The molecule has 2 rings (SSSR count). The van der Waals surface area contributed by atoms with Crippen LogP contribution in [0.3, 0.4) is 0 Å². The van der Waals surface area contributed by atoms with Gasteiger partial charge in [-0.1, -0.05) is 5.21 Å². The second-order valence-electron chi connectivity index (χ2n) is 2.95. The van der Waals surface area contributed by atoms with Crippen molar-refractivity contribution in [3.8, 4) is 11.4 Å². The molecule has 0 aromatic carbocycles. The minimum atomic E-state index is -0.562. The molecule has 0 unspecified atom stereocenters. The number of aromatic nitrogens is 5. The van der Waals surface area contributed by atoms with Gasteiger partial charge in [-0.15, -0.1) is 5.10 Å². The fourth-order valence-corrected chi connectivity index (χ4v) is 1.13. The Hall–Kier alpha value is -1.92. The largest absolute Gasteiger partial charge is 0.381 e. The summed E-state index contributed by atoms with van der Waals surface area (Å²) in [5.74, 6) is -0.571. The SMILES string of the molecule is Cn1cc(-c2nn(C)c(N)c2F)nn1. The first kappa shape index (κ1) is 8.67. The smallest absolute Gasteiger partial charge is 0.194 e. The van der Waals surface area contributed by atoms with E-state index in [-0.39, 0.29) is 11.5 Å². The van der Waals surface area contributed by atoms with Gasteiger partial charge in [0.25, 0.3) is 0 Å². The number of nitrogens with two attached hydrogens (primary N) is 1. The summed E-state index contributed by atoms with van der Waals surface area (Å²) >= 11 is 0. The minimum absolute atomic E-state index is 0.00865. The third-order valence-corrected chi connectivity index (χ3v) is 1.88. The van der Waals surface area contributed by atoms with Crippen molar-refractivity contribution in [2.24, 2.45) is 14.1 Å². The average Bonchev–Trinajstić information content (AvgIpc) is 2.66. The van der Waals surface area contributed by atoms with Gasteiger partial charge in [-0.05, 0) is 0 Å². The number of aryl methyl sites for hydroxylation is 2. The molecule has 0 aliphatic heterocycles. The lowest BCUT2D eigenvalue weighted by Crippen LogP contribution is -1.97. The summed E-state index contributed by atoms with van der Waals surface area (Å²) in [5, 5.41) is 11.3. The molecule has 0 fully saturated rings. The Morgan fingerprint density at radius 3 is 2.57 bits per heavy atom. The zero-order chi connectivity index (χ0) is 10.3. The Balaban J connectivity index is 2.57. The fraction of sp³-hybridized carbons (Fsp3) is 0.286. The Morgan fingerprint density at radius 2 is 2.14 bits per heavy atom. The maximum Gasteiger partial charge on any atom is 0.194 e. The summed E-state index contributed by atoms with van der Waals surface area (Å²) in [4.78, 5) is 0. The second-order valence-corrected chi connectivity index (χ2v) is 2.95. The molecule has 2 N–H and O–H groups in total. The van der Waals surface area contributed by atoms with Gasteiger partial charge >= 0.3 is 0 Å². The van der Waals surface area contributed by atoms with Crippen molar-refractivity contribution in [3.63, 3.8) is 0 Å². The fourth-order valence-electron chi connectivity index (χ4n) is 1.13. The van der Waals surface area contributed by atoms with E-state index in [1.807, 2.05) is 0 Å². The molecular weight excluding hydrogens is 187 g/mol. The van der Waals surface area contributed by atoms with Gasteiger partial charge in [0, 0.05) is 14.1 Å². The van der Waals surface area contributed by atoms with E-state index in [2.05, 4.69) is 15.4 Å². The monoisotopic (exact) mass is 196 g/mol. The van der Waals surface area contributed by atoms with E-state index in [9.17, 15) is 4.39 Å². The van der Waals surface area contributed by atoms with Crippen LogP contribution >= 0.6 is 0 Å². The maximum absolute atomic E-state index is 13.4. The van der Waals surface area contributed by atoms with E-state index in [4.69, 9.17) is 5.73 Å². The molecule has 0 aliphatic rings. The molecule has 0 bridgehead atoms. The van der Waals surface area contributed by atoms with Gasteiger partial charge in [-0.25, -0.2) is 9.07 Å². The Kier molecular flexibility index (Phi) is 1.73. The van der Waals surface area contributed by atoms with Gasteiger partial charge in [0.2, 0.25) is 0 Å². The summed E-state index contributed by atoms with van der Waals surface area (Å²) in [6.07, 6.45) is 1.57. The number of nitrogen functional groups attached to an aromatic ring is 1. The molecule has 74 valence electrons. The van der Waals surface area contributed by atoms with Crippen LogP contribution < -0.4 is 5.73 Å². The predicted octanol–water partition coefficient (Wildman–Crippen LogP) is -0.0631. The topological polar surface area (TPSA) is 74.5 Å². The van der Waals surface area contributed by atoms with Gasteiger partial charge in [0.1, 0.15) is 5.69 Å². The molecular formula is C7H9FN6. The molecule has 0 saturated heterocycles. The van der Waals surface area contributed by atoms with Crippen molar-refractivity contribution in [3.05, 3.63) is 12.0 Å². The van der Waals surface area contributed by atoms with Crippen molar-refractivity contribution in [2.45, 2.75) is 0 Å². The van der Waals surface area contributed by atoms with Gasteiger partial charge in [0.15, 0.2) is 17.3 Å². The molecule has 14 heavy (non-hydrogen) atoms. The number of hydrogen-bond donors (Lipinski definition) is 1. The third kappa shape index (κ3) is 1.13. The summed E-state index contributed by atoms with van der Waals surface area (Å²) in [5.41, 5.74) is 5.91. The van der Waals surface area contributed by atoms with Gasteiger partial charge in [-0.2, -0.15) is 5.10 Å². The van der Waals surface area contributed by atoms with Crippen LogP contribution in [0, 0.1) is 5.82 Å². The van der Waals surface area contributed by atoms with E-state index >= 15 is 0 Å². The van der Waals surface area contributed by atoms with Crippen LogP contribution in [0.25, 0.3) is 11.4 Å². The number of hydrogen-bond acceptors (Lipinski definition) is 4. The second kappa shape index (κ2) is 2.79. The Morgan fingerprint density at radius 1 is 1.43 bits per heavy atom. The lowest BCUT2D eigenvalue weighted by atomic mass is 10.3. The highest BCUT2D eigenvalue weighted by molar-refractivity contribution is 5.58. The van der Waals surface area contributed by atoms with Crippen molar-refractivity contribution in [1.82, 2.24) is 24.8 Å². The van der Waals surface area contributed by atoms with E-state index < -0.39 is 5.82 Å². The van der Waals surface area contributed by atoms with E-state index in [0.717, 1.165) is 0 Å². The third-order valence-electron chi connectivity index (χ3n) is 1.88. The standard InChI is InChI=1S/C7H9FN6/c1-13-3-4(10-12-13)6-5(8)7(9)14(2)11-6/h3H,9H2,1-2H3. The first-order chi connectivity index (χ1) is 6.59. The molecule has 2 aromatic heterocycles. The van der Waals surface area contributed by atoms with Crippen LogP contribution in [-0.2, 0) is 14.1 Å². The number of halogens is 1. The summed E-state index contributed by atoms with van der Waals surface area (Å²) in [6, 6.07) is 0. The summed E-state index contributed by atoms with van der Waals surface area (Å²) < 4.78 is 16.2. The molecule has 2 heterocycles. The zero-order valence-electron chi connectivity index (χ0n) is 7.77. The normalized spacial score (nSPS) is 10.8. The van der Waals surface area contributed by atoms with Crippen LogP contribution in [0.4, 0.5) is 10.2 Å². The molecule has 0 radical (unpaired) electrons. The molecule has 6 nitrogen and oxygen atoms in total. The number of nitrogens with zero attached hydrogens (tertiary/aromatic N) is 5. The molecule has 0 saturated carbocycles. The molecule has 0 amide bonds. The minimum Gasteiger partial charge on any atom is -0.381 e. The molecule has 0 aliphatic carbocycles. The van der Waals surface area contributed by atoms with Gasteiger partial charge in [0.05, 0.1) is 6.20 Å². The van der Waals surface area contributed by atoms with Crippen molar-refractivity contribution < 1.29 is 4.39 Å². The highest BCUT2D eigenvalue weighted by Gasteiger charge is 2.17. The Labute approximate surface area is 79.1 Å². The molecule has 0 atom stereocenters. The van der Waals surface area contributed by atoms with Crippen molar-refractivity contribution in [2.75, 3.05) is 5.73 Å². The summed E-state index contributed by atoms with van der Waals surface area (Å²) in [7, 11) is 3.26. The molecule has 2 aromatic rings. The highest BCUT2D eigenvalue weighted by Crippen LogP contribution is 2.22. The number of rotatable bonds is 1. The lowest BCUT2D eigenvalue weighted by molar-refractivity contribution is 0.633. The average molecular weight is 196 g/mol. The van der Waals surface area contributed by atoms with E-state index in [0.29, 0.717) is 5.69 Å². The highest BCUT2D eigenvalue weighted by atomic mass is 19.1. The maximum atomic E-state index is 13.4. The number of anilines is 1. The van der Waals surface area contributed by atoms with E-state index in [1.165, 1.54) is 9.36 Å². The van der Waals surface area contributed by atoms with Crippen LogP contribution in [-0.4, -0.2) is 24.8 Å². The first-order valence-electron chi connectivity index (χ1n) is 3.94. The molecule has 0 spiro atoms. The van der Waals surface area contributed by atoms with Crippen molar-refractivity contribution >= 4 is 5.82 Å². The first-order valence-corrected chi connectivity index (χ1v) is 3.94. The van der Waals surface area contributed by atoms with Crippen molar-refractivity contribution in [1.29, 1.82) is 0 Å².